The lowest BCUT2D eigenvalue weighted by Crippen LogP contribution is -2.38. The molecule has 1 aromatic carbocycles. The van der Waals surface area contributed by atoms with Crippen LogP contribution in [0.15, 0.2) is 30.5 Å². The first-order chi connectivity index (χ1) is 10.6. The molecule has 1 saturated carbocycles. The van der Waals surface area contributed by atoms with Crippen LogP contribution < -0.4 is 5.32 Å². The van der Waals surface area contributed by atoms with Crippen LogP contribution in [0.2, 0.25) is 0 Å². The number of benzene rings is 1. The Hall–Kier alpha value is -2.28. The SMILES string of the molecule is O=C(NC1CCC(O)CC1)c1cn(-c2ccc(F)cc2)nn1. The fourth-order valence-corrected chi connectivity index (χ4v) is 2.57. The zero-order valence-electron chi connectivity index (χ0n) is 11.9. The standard InChI is InChI=1S/C15H17FN4O2/c16-10-1-5-12(6-2-10)20-9-14(18-19-20)15(22)17-11-3-7-13(21)8-4-11/h1-2,5-6,9,11,13,21H,3-4,7-8H2,(H,17,22). The van der Waals surface area contributed by atoms with Gasteiger partial charge in [-0.05, 0) is 49.9 Å². The Balaban J connectivity index is 1.65. The van der Waals surface area contributed by atoms with Crippen LogP contribution >= 0.6 is 0 Å². The van der Waals surface area contributed by atoms with Crippen molar-refractivity contribution >= 4 is 5.91 Å². The number of hydrogen-bond acceptors (Lipinski definition) is 4. The molecule has 6 nitrogen and oxygen atoms in total. The third kappa shape index (κ3) is 3.30. The van der Waals surface area contributed by atoms with Crippen LogP contribution in [0.4, 0.5) is 4.39 Å². The van der Waals surface area contributed by atoms with E-state index in [-0.39, 0.29) is 29.6 Å². The van der Waals surface area contributed by atoms with Crippen LogP contribution in [0.25, 0.3) is 5.69 Å². The summed E-state index contributed by atoms with van der Waals surface area (Å²) >= 11 is 0. The molecule has 1 fully saturated rings. The molecule has 0 aliphatic heterocycles. The zero-order valence-corrected chi connectivity index (χ0v) is 11.9. The predicted molar refractivity (Wildman–Crippen MR) is 77.0 cm³/mol. The number of rotatable bonds is 3. The van der Waals surface area contributed by atoms with Crippen LogP contribution in [0.5, 0.6) is 0 Å². The van der Waals surface area contributed by atoms with Gasteiger partial charge in [-0.2, -0.15) is 0 Å². The summed E-state index contributed by atoms with van der Waals surface area (Å²) in [5, 5.41) is 20.1. The highest BCUT2D eigenvalue weighted by atomic mass is 19.1. The molecular weight excluding hydrogens is 287 g/mol. The first-order valence-electron chi connectivity index (χ1n) is 7.29. The average Bonchev–Trinajstić information content (AvgIpc) is 3.00. The Bertz CT molecular complexity index is 648. The molecular formula is C15H17FN4O2. The maximum Gasteiger partial charge on any atom is 0.273 e. The third-order valence-corrected chi connectivity index (χ3v) is 3.85. The van der Waals surface area contributed by atoms with E-state index in [9.17, 15) is 14.3 Å². The number of carbonyl (C=O) groups is 1. The summed E-state index contributed by atoms with van der Waals surface area (Å²) < 4.78 is 14.3. The smallest absolute Gasteiger partial charge is 0.273 e. The Morgan fingerprint density at radius 2 is 1.91 bits per heavy atom. The van der Waals surface area contributed by atoms with E-state index in [0.29, 0.717) is 18.5 Å². The van der Waals surface area contributed by atoms with Crippen LogP contribution in [0.1, 0.15) is 36.2 Å². The summed E-state index contributed by atoms with van der Waals surface area (Å²) in [5.41, 5.74) is 0.851. The maximum absolute atomic E-state index is 12.9. The van der Waals surface area contributed by atoms with E-state index in [1.165, 1.54) is 23.0 Å². The zero-order chi connectivity index (χ0) is 15.5. The molecule has 1 heterocycles. The second-order valence-electron chi connectivity index (χ2n) is 5.50. The van der Waals surface area contributed by atoms with Gasteiger partial charge in [-0.25, -0.2) is 9.07 Å². The molecule has 0 radical (unpaired) electrons. The molecule has 2 N–H and O–H groups in total. The van der Waals surface area contributed by atoms with Gasteiger partial charge in [0.15, 0.2) is 5.69 Å². The number of carbonyl (C=O) groups excluding carboxylic acids is 1. The van der Waals surface area contributed by atoms with Crippen molar-refractivity contribution in [2.75, 3.05) is 0 Å². The molecule has 22 heavy (non-hydrogen) atoms. The van der Waals surface area contributed by atoms with Gasteiger partial charge < -0.3 is 10.4 Å². The molecule has 0 spiro atoms. The Morgan fingerprint density at radius 1 is 1.23 bits per heavy atom. The van der Waals surface area contributed by atoms with Gasteiger partial charge in [-0.3, -0.25) is 4.79 Å². The van der Waals surface area contributed by atoms with Crippen molar-refractivity contribution in [1.82, 2.24) is 20.3 Å². The number of aliphatic hydroxyl groups excluding tert-OH is 1. The van der Waals surface area contributed by atoms with Gasteiger partial charge in [-0.15, -0.1) is 5.10 Å². The summed E-state index contributed by atoms with van der Waals surface area (Å²) in [4.78, 5) is 12.1. The van der Waals surface area contributed by atoms with Crippen molar-refractivity contribution in [1.29, 1.82) is 0 Å². The molecule has 1 amide bonds. The lowest BCUT2D eigenvalue weighted by Gasteiger charge is -2.25. The lowest BCUT2D eigenvalue weighted by atomic mass is 9.93. The number of nitrogens with one attached hydrogen (secondary N) is 1. The molecule has 1 aliphatic rings. The highest BCUT2D eigenvalue weighted by Crippen LogP contribution is 2.18. The number of halogens is 1. The summed E-state index contributed by atoms with van der Waals surface area (Å²) in [6.45, 7) is 0. The monoisotopic (exact) mass is 304 g/mol. The number of aromatic nitrogens is 3. The van der Waals surface area contributed by atoms with E-state index in [4.69, 9.17) is 0 Å². The first kappa shape index (κ1) is 14.6. The van der Waals surface area contributed by atoms with Crippen molar-refractivity contribution in [2.24, 2.45) is 0 Å². The minimum absolute atomic E-state index is 0.0619. The number of amides is 1. The van der Waals surface area contributed by atoms with Gasteiger partial charge >= 0.3 is 0 Å². The Kier molecular flexibility index (Phi) is 4.15. The fourth-order valence-electron chi connectivity index (χ4n) is 2.57. The molecule has 0 atom stereocenters. The molecule has 1 aromatic heterocycles. The quantitative estimate of drug-likeness (QED) is 0.899. The second-order valence-corrected chi connectivity index (χ2v) is 5.50. The topological polar surface area (TPSA) is 80.0 Å². The van der Waals surface area contributed by atoms with Crippen molar-refractivity contribution in [3.05, 3.63) is 42.0 Å². The molecule has 1 aliphatic carbocycles. The largest absolute Gasteiger partial charge is 0.393 e. The lowest BCUT2D eigenvalue weighted by molar-refractivity contribution is 0.0863. The van der Waals surface area contributed by atoms with Crippen molar-refractivity contribution in [2.45, 2.75) is 37.8 Å². The minimum atomic E-state index is -0.332. The second kappa shape index (κ2) is 6.23. The van der Waals surface area contributed by atoms with Gasteiger partial charge in [0.1, 0.15) is 5.82 Å². The highest BCUT2D eigenvalue weighted by Gasteiger charge is 2.22. The molecule has 0 bridgehead atoms. The molecule has 0 saturated heterocycles. The summed E-state index contributed by atoms with van der Waals surface area (Å²) in [6.07, 6.45) is 4.19. The third-order valence-electron chi connectivity index (χ3n) is 3.85. The van der Waals surface area contributed by atoms with Gasteiger partial charge in [-0.1, -0.05) is 5.21 Å². The van der Waals surface area contributed by atoms with E-state index in [1.807, 2.05) is 0 Å². The minimum Gasteiger partial charge on any atom is -0.393 e. The Labute approximate surface area is 127 Å². The van der Waals surface area contributed by atoms with Crippen molar-refractivity contribution in [3.8, 4) is 5.69 Å². The molecule has 0 unspecified atom stereocenters. The van der Waals surface area contributed by atoms with Crippen LogP contribution in [0, 0.1) is 5.82 Å². The van der Waals surface area contributed by atoms with Crippen molar-refractivity contribution in [3.63, 3.8) is 0 Å². The van der Waals surface area contributed by atoms with Crippen molar-refractivity contribution < 1.29 is 14.3 Å². The first-order valence-corrected chi connectivity index (χ1v) is 7.29. The van der Waals surface area contributed by atoms with Gasteiger partial charge in [0.2, 0.25) is 0 Å². The maximum atomic E-state index is 12.9. The Morgan fingerprint density at radius 3 is 2.59 bits per heavy atom. The van der Waals surface area contributed by atoms with E-state index < -0.39 is 0 Å². The predicted octanol–water partition coefficient (Wildman–Crippen LogP) is 1.44. The van der Waals surface area contributed by atoms with E-state index in [0.717, 1.165) is 12.8 Å². The number of nitrogens with zero attached hydrogens (tertiary/aromatic N) is 3. The van der Waals surface area contributed by atoms with Crippen LogP contribution in [-0.4, -0.2) is 38.2 Å². The number of hydrogen-bond donors (Lipinski definition) is 2. The van der Waals surface area contributed by atoms with Gasteiger partial charge in [0.25, 0.3) is 5.91 Å². The molecule has 116 valence electrons. The normalized spacial score (nSPS) is 21.5. The molecule has 7 heteroatoms. The summed E-state index contributed by atoms with van der Waals surface area (Å²) in [7, 11) is 0. The van der Waals surface area contributed by atoms with Crippen LogP contribution in [0.3, 0.4) is 0 Å². The average molecular weight is 304 g/mol. The van der Waals surface area contributed by atoms with E-state index >= 15 is 0 Å². The summed E-state index contributed by atoms with van der Waals surface area (Å²) in [6, 6.07) is 5.84. The van der Waals surface area contributed by atoms with Gasteiger partial charge in [0.05, 0.1) is 18.0 Å². The summed E-state index contributed by atoms with van der Waals surface area (Å²) in [5.74, 6) is -0.615. The van der Waals surface area contributed by atoms with Crippen LogP contribution in [-0.2, 0) is 0 Å². The highest BCUT2D eigenvalue weighted by molar-refractivity contribution is 5.92. The van der Waals surface area contributed by atoms with E-state index in [1.54, 1.807) is 12.1 Å². The molecule has 2 aromatic rings. The number of aliphatic hydroxyl groups is 1. The fraction of sp³-hybridized carbons (Fsp3) is 0.400. The van der Waals surface area contributed by atoms with E-state index in [2.05, 4.69) is 15.6 Å². The molecule has 3 rings (SSSR count). The van der Waals surface area contributed by atoms with Gasteiger partial charge in [0, 0.05) is 6.04 Å².